The first-order valence-corrected chi connectivity index (χ1v) is 9.11. The van der Waals surface area contributed by atoms with Gasteiger partial charge in [-0.1, -0.05) is 49.2 Å². The maximum Gasteiger partial charge on any atom is -0.0253 e. The Morgan fingerprint density at radius 1 is 1.04 bits per heavy atom. The second-order valence-corrected chi connectivity index (χ2v) is 7.87. The third-order valence-corrected chi connectivity index (χ3v) is 3.88. The van der Waals surface area contributed by atoms with Gasteiger partial charge in [-0.15, -0.1) is 17.5 Å². The molecule has 0 fully saturated rings. The van der Waals surface area contributed by atoms with Crippen molar-refractivity contribution in [3.63, 3.8) is 0 Å². The molecule has 0 heterocycles. The Hall–Kier alpha value is -0.916. The average Bonchev–Trinajstić information content (AvgIpc) is 3.19. The van der Waals surface area contributed by atoms with Gasteiger partial charge < -0.3 is 24.8 Å². The molecule has 2 aromatic rings. The predicted molar refractivity (Wildman–Crippen MR) is 101 cm³/mol. The average molecular weight is 419 g/mol. The van der Waals surface area contributed by atoms with E-state index in [0.29, 0.717) is 0 Å². The Labute approximate surface area is 182 Å². The van der Waals surface area contributed by atoms with Gasteiger partial charge in [-0.25, -0.2) is 12.2 Å². The smallest absolute Gasteiger partial charge is 0.0253 e. The van der Waals surface area contributed by atoms with Crippen LogP contribution in [0.5, 0.6) is 0 Å². The van der Waals surface area contributed by atoms with Gasteiger partial charge in [-0.3, -0.25) is 6.08 Å². The molecule has 0 aromatic heterocycles. The first-order chi connectivity index (χ1) is 11.5. The topological polar surface area (TPSA) is 0 Å². The van der Waals surface area contributed by atoms with E-state index in [1.807, 2.05) is 12.2 Å². The monoisotopic (exact) mass is 418 g/mol. The Balaban J connectivity index is 0.000000480. The third kappa shape index (κ3) is 7.37. The SMILES string of the molecule is C[C](C)=[Ti+2].Cc1[c-]c2c(cc1C)-c1ccccc1C2.[C-]1=CC=CC1.[Cl-].[Cl-]. The molecule has 0 aliphatic heterocycles. The largest absolute Gasteiger partial charge is 1.00 e. The molecule has 0 amide bonds. The van der Waals surface area contributed by atoms with Crippen molar-refractivity contribution in [1.29, 1.82) is 0 Å². The Kier molecular flexibility index (Phi) is 12.0. The van der Waals surface area contributed by atoms with Gasteiger partial charge in [-0.2, -0.15) is 29.3 Å². The van der Waals surface area contributed by atoms with Gasteiger partial charge in [0.2, 0.25) is 0 Å². The Morgan fingerprint density at radius 3 is 2.23 bits per heavy atom. The fourth-order valence-corrected chi connectivity index (χ4v) is 2.65. The van der Waals surface area contributed by atoms with Crippen LogP contribution < -0.4 is 24.8 Å². The van der Waals surface area contributed by atoms with E-state index in [0.717, 1.165) is 12.8 Å². The summed E-state index contributed by atoms with van der Waals surface area (Å²) in [6.07, 6.45) is 11.0. The number of rotatable bonds is 0. The van der Waals surface area contributed by atoms with E-state index in [9.17, 15) is 0 Å². The van der Waals surface area contributed by atoms with Gasteiger partial charge in [0.1, 0.15) is 0 Å². The molecule has 0 N–H and O–H groups in total. The molecule has 0 spiro atoms. The van der Waals surface area contributed by atoms with Crippen LogP contribution in [0.15, 0.2) is 48.6 Å². The van der Waals surface area contributed by atoms with E-state index in [2.05, 4.69) is 96.2 Å². The minimum absolute atomic E-state index is 0. The Morgan fingerprint density at radius 2 is 1.69 bits per heavy atom. The van der Waals surface area contributed by atoms with Crippen LogP contribution in [0.4, 0.5) is 0 Å². The molecular weight excluding hydrogens is 395 g/mol. The van der Waals surface area contributed by atoms with E-state index in [1.54, 1.807) is 0 Å². The molecule has 0 nitrogen and oxygen atoms in total. The van der Waals surface area contributed by atoms with E-state index in [4.69, 9.17) is 0 Å². The molecule has 136 valence electrons. The Bertz CT molecular complexity index is 775. The van der Waals surface area contributed by atoms with Crippen molar-refractivity contribution in [1.82, 2.24) is 0 Å². The van der Waals surface area contributed by atoms with Crippen molar-refractivity contribution in [3.05, 3.63) is 83.0 Å². The van der Waals surface area contributed by atoms with Crippen LogP contribution in [0.1, 0.15) is 42.5 Å². The van der Waals surface area contributed by atoms with Gasteiger partial charge in [0.25, 0.3) is 0 Å². The molecule has 3 heteroatoms. The molecule has 2 aliphatic carbocycles. The predicted octanol–water partition coefficient (Wildman–Crippen LogP) is -0.266. The van der Waals surface area contributed by atoms with Crippen LogP contribution in [-0.2, 0) is 26.4 Å². The van der Waals surface area contributed by atoms with Gasteiger partial charge >= 0.3 is 37.6 Å². The van der Waals surface area contributed by atoms with E-state index in [-0.39, 0.29) is 24.8 Å². The zero-order chi connectivity index (χ0) is 17.5. The van der Waals surface area contributed by atoms with Crippen molar-refractivity contribution >= 4 is 3.81 Å². The van der Waals surface area contributed by atoms with Crippen molar-refractivity contribution in [2.45, 2.75) is 40.5 Å². The maximum absolute atomic E-state index is 3.50. The summed E-state index contributed by atoms with van der Waals surface area (Å²) in [5.41, 5.74) is 8.20. The summed E-state index contributed by atoms with van der Waals surface area (Å²) in [5.74, 6) is 0. The second-order valence-electron chi connectivity index (χ2n) is 6.31. The van der Waals surface area contributed by atoms with Gasteiger partial charge in [0, 0.05) is 0 Å². The van der Waals surface area contributed by atoms with E-state index < -0.39 is 0 Å². The number of halogens is 2. The molecule has 0 saturated carbocycles. The number of hydrogen-bond acceptors (Lipinski definition) is 0. The normalized spacial score (nSPS) is 11.6. The summed E-state index contributed by atoms with van der Waals surface area (Å²) in [6.45, 7) is 8.46. The summed E-state index contributed by atoms with van der Waals surface area (Å²) in [5, 5.41) is 0. The summed E-state index contributed by atoms with van der Waals surface area (Å²) < 4.78 is 1.42. The molecule has 0 bridgehead atoms. The number of hydrogen-bond donors (Lipinski definition) is 0. The molecule has 26 heavy (non-hydrogen) atoms. The van der Waals surface area contributed by atoms with Crippen LogP contribution in [0.2, 0.25) is 0 Å². The zero-order valence-electron chi connectivity index (χ0n) is 15.8. The van der Waals surface area contributed by atoms with Gasteiger partial charge in [0.15, 0.2) is 0 Å². The fraction of sp³-hybridized carbons (Fsp3) is 0.261. The molecule has 2 aromatic carbocycles. The van der Waals surface area contributed by atoms with Crippen molar-refractivity contribution in [3.8, 4) is 11.1 Å². The summed E-state index contributed by atoms with van der Waals surface area (Å²) in [7, 11) is 0. The van der Waals surface area contributed by atoms with E-state index >= 15 is 0 Å². The molecule has 0 unspecified atom stereocenters. The molecule has 4 rings (SSSR count). The van der Waals surface area contributed by atoms with Crippen molar-refractivity contribution < 1.29 is 44.8 Å². The summed E-state index contributed by atoms with van der Waals surface area (Å²) >= 11 is 2.08. The number of aryl methyl sites for hydroxylation is 2. The zero-order valence-corrected chi connectivity index (χ0v) is 18.9. The fourth-order valence-electron chi connectivity index (χ4n) is 2.65. The van der Waals surface area contributed by atoms with Crippen molar-refractivity contribution in [2.75, 3.05) is 0 Å². The van der Waals surface area contributed by atoms with Crippen LogP contribution in [0.25, 0.3) is 11.1 Å². The summed E-state index contributed by atoms with van der Waals surface area (Å²) in [4.78, 5) is 0. The van der Waals surface area contributed by atoms with Crippen LogP contribution >= 0.6 is 0 Å². The van der Waals surface area contributed by atoms with Crippen LogP contribution in [0, 0.1) is 26.0 Å². The number of benzene rings is 2. The second kappa shape index (κ2) is 12.5. The summed E-state index contributed by atoms with van der Waals surface area (Å²) in [6, 6.07) is 14.5. The number of fused-ring (bicyclic) bond motifs is 3. The van der Waals surface area contributed by atoms with Gasteiger partial charge in [0.05, 0.1) is 0 Å². The first-order valence-electron chi connectivity index (χ1n) is 8.33. The first kappa shape index (κ1) is 25.1. The molecule has 0 radical (unpaired) electrons. The standard InChI is InChI=1S/C15H13.C5H5.C3H6.2ClH.Ti/c1-10-7-13-9-12-5-3-4-6-14(12)15(13)8-11(10)2;1-2-4-5-3-1;1-3-2;;;/h3-6,8H,9H2,1-2H3;1-3H,4H2;1-2H3;2*1H;/q2*-1;;;;+2/p-2. The molecule has 0 saturated heterocycles. The third-order valence-electron chi connectivity index (χ3n) is 3.88. The van der Waals surface area contributed by atoms with Crippen LogP contribution in [0.3, 0.4) is 0 Å². The van der Waals surface area contributed by atoms with E-state index in [1.165, 1.54) is 37.2 Å². The van der Waals surface area contributed by atoms with Gasteiger partial charge in [-0.05, 0) is 6.42 Å². The van der Waals surface area contributed by atoms with Crippen LogP contribution in [-0.4, -0.2) is 3.81 Å². The minimum Gasteiger partial charge on any atom is -1.00 e. The minimum atomic E-state index is 0. The van der Waals surface area contributed by atoms with Crippen molar-refractivity contribution in [2.24, 2.45) is 0 Å². The molecule has 2 aliphatic rings. The maximum atomic E-state index is 3.50. The molecular formula is C23H24Cl2Ti-2. The quantitative estimate of drug-likeness (QED) is 0.348. The molecule has 0 atom stereocenters. The number of allylic oxidation sites excluding steroid dienone is 4.